The first-order chi connectivity index (χ1) is 8.62. The maximum absolute atomic E-state index is 12.4. The predicted molar refractivity (Wildman–Crippen MR) is 66.9 cm³/mol. The lowest BCUT2D eigenvalue weighted by atomic mass is 9.91. The number of carbonyl (C=O) groups excluding carboxylic acids is 2. The Hall–Kier alpha value is -1.10. The molecule has 3 fully saturated rings. The van der Waals surface area contributed by atoms with Gasteiger partial charge in [-0.1, -0.05) is 0 Å². The summed E-state index contributed by atoms with van der Waals surface area (Å²) >= 11 is 0. The van der Waals surface area contributed by atoms with Gasteiger partial charge in [0.1, 0.15) is 0 Å². The topological polar surface area (TPSA) is 52.6 Å². The maximum Gasteiger partial charge on any atom is 0.241 e. The fraction of sp³-hybridized carbons (Fsp3) is 0.846. The summed E-state index contributed by atoms with van der Waals surface area (Å²) < 4.78 is 0. The molecular formula is C13H21N3O2. The average molecular weight is 251 g/mol. The lowest BCUT2D eigenvalue weighted by Gasteiger charge is -2.33. The number of rotatable bonds is 1. The molecule has 0 aromatic rings. The van der Waals surface area contributed by atoms with E-state index in [0.717, 1.165) is 32.4 Å². The minimum Gasteiger partial charge on any atom is -0.342 e. The summed E-state index contributed by atoms with van der Waals surface area (Å²) in [7, 11) is 1.80. The zero-order chi connectivity index (χ0) is 12.8. The summed E-state index contributed by atoms with van der Waals surface area (Å²) in [5, 5.41) is 3.35. The molecule has 2 aliphatic heterocycles. The first-order valence-corrected chi connectivity index (χ1v) is 6.86. The van der Waals surface area contributed by atoms with Crippen LogP contribution in [-0.4, -0.2) is 61.4 Å². The molecule has 0 aromatic heterocycles. The first kappa shape index (κ1) is 12.0. The molecule has 0 radical (unpaired) electrons. The van der Waals surface area contributed by atoms with Crippen molar-refractivity contribution in [3.05, 3.63) is 0 Å². The minimum atomic E-state index is 0.0645. The quantitative estimate of drug-likeness (QED) is 0.695. The molecule has 1 atom stereocenters. The van der Waals surface area contributed by atoms with E-state index in [9.17, 15) is 9.59 Å². The summed E-state index contributed by atoms with van der Waals surface area (Å²) in [6.45, 7) is 3.72. The molecule has 0 aromatic carbocycles. The highest BCUT2D eigenvalue weighted by Crippen LogP contribution is 2.59. The third-order valence-electron chi connectivity index (χ3n) is 4.86. The third kappa shape index (κ3) is 1.90. The summed E-state index contributed by atoms with van der Waals surface area (Å²) in [4.78, 5) is 27.5. The van der Waals surface area contributed by atoms with Gasteiger partial charge in [-0.2, -0.15) is 0 Å². The van der Waals surface area contributed by atoms with Crippen LogP contribution in [0.5, 0.6) is 0 Å². The monoisotopic (exact) mass is 251 g/mol. The molecule has 2 amide bonds. The van der Waals surface area contributed by atoms with Gasteiger partial charge in [0.25, 0.3) is 0 Å². The van der Waals surface area contributed by atoms with Crippen molar-refractivity contribution in [2.75, 3.05) is 39.8 Å². The first-order valence-electron chi connectivity index (χ1n) is 6.86. The number of nitrogens with one attached hydrogen (secondary N) is 1. The molecule has 2 heterocycles. The Kier molecular flexibility index (Phi) is 2.81. The number of hydrogen-bond acceptors (Lipinski definition) is 3. The predicted octanol–water partition coefficient (Wildman–Crippen LogP) is -0.323. The Bertz CT molecular complexity index is 376. The van der Waals surface area contributed by atoms with Crippen LogP contribution in [0.4, 0.5) is 0 Å². The number of likely N-dealkylation sites (N-methyl/N-ethyl adjacent to an activating group) is 1. The molecule has 1 saturated carbocycles. The molecule has 18 heavy (non-hydrogen) atoms. The number of amides is 2. The van der Waals surface area contributed by atoms with Crippen molar-refractivity contribution in [1.29, 1.82) is 0 Å². The second-order valence-electron chi connectivity index (χ2n) is 5.94. The summed E-state index contributed by atoms with van der Waals surface area (Å²) in [5.41, 5.74) is 0.273. The standard InChI is InChI=1S/C13H21N3O2/c1-15-6-7-16(9-11(15)17)12(18)10-8-13(10)2-4-14-5-3-13/h10,14H,2-9H2,1H3. The lowest BCUT2D eigenvalue weighted by Crippen LogP contribution is -2.51. The van der Waals surface area contributed by atoms with E-state index in [1.54, 1.807) is 16.8 Å². The van der Waals surface area contributed by atoms with Crippen LogP contribution in [0.1, 0.15) is 19.3 Å². The van der Waals surface area contributed by atoms with E-state index in [2.05, 4.69) is 5.32 Å². The largest absolute Gasteiger partial charge is 0.342 e. The Morgan fingerprint density at radius 2 is 2.06 bits per heavy atom. The molecule has 1 N–H and O–H groups in total. The van der Waals surface area contributed by atoms with Gasteiger partial charge < -0.3 is 15.1 Å². The second kappa shape index (κ2) is 4.23. The second-order valence-corrected chi connectivity index (χ2v) is 5.94. The van der Waals surface area contributed by atoms with E-state index in [4.69, 9.17) is 0 Å². The zero-order valence-electron chi connectivity index (χ0n) is 10.9. The minimum absolute atomic E-state index is 0.0645. The van der Waals surface area contributed by atoms with E-state index >= 15 is 0 Å². The van der Waals surface area contributed by atoms with E-state index in [0.29, 0.717) is 13.1 Å². The van der Waals surface area contributed by atoms with Gasteiger partial charge in [-0.15, -0.1) is 0 Å². The van der Waals surface area contributed by atoms with Crippen LogP contribution in [0, 0.1) is 11.3 Å². The average Bonchev–Trinajstić information content (AvgIpc) is 3.06. The molecular weight excluding hydrogens is 230 g/mol. The lowest BCUT2D eigenvalue weighted by molar-refractivity contribution is -0.145. The van der Waals surface area contributed by atoms with Crippen molar-refractivity contribution in [2.24, 2.45) is 11.3 Å². The van der Waals surface area contributed by atoms with Gasteiger partial charge in [0.05, 0.1) is 6.54 Å². The highest BCUT2D eigenvalue weighted by atomic mass is 16.2. The highest BCUT2D eigenvalue weighted by molar-refractivity contribution is 5.88. The van der Waals surface area contributed by atoms with Gasteiger partial charge >= 0.3 is 0 Å². The third-order valence-corrected chi connectivity index (χ3v) is 4.86. The van der Waals surface area contributed by atoms with Crippen LogP contribution in [0.15, 0.2) is 0 Å². The molecule has 1 spiro atoms. The molecule has 5 heteroatoms. The summed E-state index contributed by atoms with van der Waals surface area (Å²) in [6.07, 6.45) is 3.27. The van der Waals surface area contributed by atoms with Crippen molar-refractivity contribution in [3.63, 3.8) is 0 Å². The molecule has 1 aliphatic carbocycles. The molecule has 0 bridgehead atoms. The van der Waals surface area contributed by atoms with Crippen molar-refractivity contribution in [2.45, 2.75) is 19.3 Å². The number of hydrogen-bond donors (Lipinski definition) is 1. The van der Waals surface area contributed by atoms with Crippen molar-refractivity contribution in [3.8, 4) is 0 Å². The molecule has 3 aliphatic rings. The van der Waals surface area contributed by atoms with Crippen LogP contribution in [0.25, 0.3) is 0 Å². The smallest absolute Gasteiger partial charge is 0.241 e. The van der Waals surface area contributed by atoms with Gasteiger partial charge in [0, 0.05) is 26.1 Å². The molecule has 2 saturated heterocycles. The van der Waals surface area contributed by atoms with Crippen molar-refractivity contribution >= 4 is 11.8 Å². The van der Waals surface area contributed by atoms with Crippen LogP contribution < -0.4 is 5.32 Å². The zero-order valence-corrected chi connectivity index (χ0v) is 10.9. The normalized spacial score (nSPS) is 30.7. The Balaban J connectivity index is 1.61. The van der Waals surface area contributed by atoms with Gasteiger partial charge in [-0.3, -0.25) is 9.59 Å². The summed E-state index contributed by atoms with van der Waals surface area (Å²) in [6, 6.07) is 0. The van der Waals surface area contributed by atoms with E-state index in [-0.39, 0.29) is 29.7 Å². The van der Waals surface area contributed by atoms with E-state index in [1.807, 2.05) is 0 Å². The van der Waals surface area contributed by atoms with Gasteiger partial charge in [-0.05, 0) is 37.8 Å². The van der Waals surface area contributed by atoms with Gasteiger partial charge in [0.2, 0.25) is 11.8 Å². The number of carbonyl (C=O) groups is 2. The van der Waals surface area contributed by atoms with Gasteiger partial charge in [0.15, 0.2) is 0 Å². The van der Waals surface area contributed by atoms with Crippen molar-refractivity contribution in [1.82, 2.24) is 15.1 Å². The van der Waals surface area contributed by atoms with Crippen molar-refractivity contribution < 1.29 is 9.59 Å². The van der Waals surface area contributed by atoms with Gasteiger partial charge in [-0.25, -0.2) is 0 Å². The maximum atomic E-state index is 12.4. The van der Waals surface area contributed by atoms with E-state index in [1.165, 1.54) is 0 Å². The van der Waals surface area contributed by atoms with Crippen LogP contribution in [0.3, 0.4) is 0 Å². The molecule has 5 nitrogen and oxygen atoms in total. The Labute approximate surface area is 107 Å². The van der Waals surface area contributed by atoms with Crippen LogP contribution in [0.2, 0.25) is 0 Å². The Morgan fingerprint density at radius 1 is 1.33 bits per heavy atom. The Morgan fingerprint density at radius 3 is 2.72 bits per heavy atom. The number of nitrogens with zero attached hydrogens (tertiary/aromatic N) is 2. The van der Waals surface area contributed by atoms with E-state index < -0.39 is 0 Å². The fourth-order valence-corrected chi connectivity index (χ4v) is 3.34. The SMILES string of the molecule is CN1CCN(C(=O)C2CC23CCNCC3)CC1=O. The van der Waals surface area contributed by atoms with Crippen LogP contribution in [-0.2, 0) is 9.59 Å². The molecule has 1 unspecified atom stereocenters. The fourth-order valence-electron chi connectivity index (χ4n) is 3.34. The number of piperazine rings is 1. The van der Waals surface area contributed by atoms with Crippen LogP contribution >= 0.6 is 0 Å². The highest BCUT2D eigenvalue weighted by Gasteiger charge is 2.58. The number of piperidine rings is 1. The molecule has 3 rings (SSSR count). The molecule has 100 valence electrons. The summed E-state index contributed by atoms with van der Waals surface area (Å²) in [5.74, 6) is 0.476.